The summed E-state index contributed by atoms with van der Waals surface area (Å²) in [7, 11) is 0. The van der Waals surface area contributed by atoms with Crippen molar-refractivity contribution in [3.63, 3.8) is 0 Å². The molecule has 2 heterocycles. The lowest BCUT2D eigenvalue weighted by atomic mass is 10.0. The summed E-state index contributed by atoms with van der Waals surface area (Å²) in [5.74, 6) is 0.486. The quantitative estimate of drug-likeness (QED) is 0.795. The molecular weight excluding hydrogens is 188 g/mol. The van der Waals surface area contributed by atoms with Crippen LogP contribution in [0.15, 0.2) is 12.4 Å². The Labute approximate surface area is 90.5 Å². The average Bonchev–Trinajstić information content (AvgIpc) is 2.50. The van der Waals surface area contributed by atoms with E-state index in [0.29, 0.717) is 11.4 Å². The molecule has 2 N–H and O–H groups in total. The molecule has 1 aliphatic rings. The van der Waals surface area contributed by atoms with E-state index in [0.717, 1.165) is 18.8 Å². The smallest absolute Gasteiger partial charge is 0.141 e. The first-order valence-corrected chi connectivity index (χ1v) is 5.39. The second-order valence-corrected chi connectivity index (χ2v) is 4.77. The van der Waals surface area contributed by atoms with Crippen molar-refractivity contribution >= 4 is 5.82 Å². The van der Waals surface area contributed by atoms with Crippen molar-refractivity contribution < 1.29 is 0 Å². The second kappa shape index (κ2) is 3.77. The van der Waals surface area contributed by atoms with E-state index in [2.05, 4.69) is 28.7 Å². The van der Waals surface area contributed by atoms with Crippen LogP contribution >= 0.6 is 0 Å². The minimum Gasteiger partial charge on any atom is -0.382 e. The number of aromatic nitrogens is 2. The SMILES string of the molecule is CC1(C)CCCN1Cc1cnc(N)cn1. The van der Waals surface area contributed by atoms with Gasteiger partial charge >= 0.3 is 0 Å². The maximum atomic E-state index is 5.50. The highest BCUT2D eigenvalue weighted by Gasteiger charge is 2.31. The van der Waals surface area contributed by atoms with E-state index >= 15 is 0 Å². The van der Waals surface area contributed by atoms with Crippen LogP contribution in [-0.2, 0) is 6.54 Å². The summed E-state index contributed by atoms with van der Waals surface area (Å²) in [5, 5.41) is 0. The molecule has 1 aliphatic heterocycles. The van der Waals surface area contributed by atoms with Crippen LogP contribution in [0.3, 0.4) is 0 Å². The molecule has 0 aromatic carbocycles. The van der Waals surface area contributed by atoms with Crippen LogP contribution in [0.25, 0.3) is 0 Å². The first-order valence-electron chi connectivity index (χ1n) is 5.39. The van der Waals surface area contributed by atoms with Crippen molar-refractivity contribution in [3.8, 4) is 0 Å². The van der Waals surface area contributed by atoms with Crippen molar-refractivity contribution in [1.29, 1.82) is 0 Å². The molecule has 4 heteroatoms. The molecule has 0 bridgehead atoms. The Balaban J connectivity index is 2.06. The van der Waals surface area contributed by atoms with Crippen LogP contribution in [0.5, 0.6) is 0 Å². The number of rotatable bonds is 2. The number of anilines is 1. The first-order chi connectivity index (χ1) is 7.08. The van der Waals surface area contributed by atoms with Gasteiger partial charge in [-0.2, -0.15) is 0 Å². The third-order valence-electron chi connectivity index (χ3n) is 3.15. The highest BCUT2D eigenvalue weighted by Crippen LogP contribution is 2.29. The molecule has 2 rings (SSSR count). The van der Waals surface area contributed by atoms with Crippen LogP contribution in [0.1, 0.15) is 32.4 Å². The van der Waals surface area contributed by atoms with Gasteiger partial charge < -0.3 is 5.73 Å². The molecule has 1 aromatic heterocycles. The summed E-state index contributed by atoms with van der Waals surface area (Å²) < 4.78 is 0. The Kier molecular flexibility index (Phi) is 2.61. The lowest BCUT2D eigenvalue weighted by Crippen LogP contribution is -2.37. The lowest BCUT2D eigenvalue weighted by molar-refractivity contribution is 0.164. The fourth-order valence-electron chi connectivity index (χ4n) is 2.10. The van der Waals surface area contributed by atoms with E-state index in [9.17, 15) is 0 Å². The zero-order chi connectivity index (χ0) is 10.9. The van der Waals surface area contributed by atoms with Gasteiger partial charge in [0.2, 0.25) is 0 Å². The number of nitrogens with zero attached hydrogens (tertiary/aromatic N) is 3. The number of nitrogens with two attached hydrogens (primary N) is 1. The lowest BCUT2D eigenvalue weighted by Gasteiger charge is -2.31. The van der Waals surface area contributed by atoms with Crippen molar-refractivity contribution in [1.82, 2.24) is 14.9 Å². The van der Waals surface area contributed by atoms with Gasteiger partial charge in [-0.3, -0.25) is 9.88 Å². The van der Waals surface area contributed by atoms with E-state index in [1.165, 1.54) is 12.8 Å². The van der Waals surface area contributed by atoms with Crippen LogP contribution in [-0.4, -0.2) is 27.0 Å². The molecule has 0 atom stereocenters. The van der Waals surface area contributed by atoms with E-state index in [4.69, 9.17) is 5.73 Å². The zero-order valence-electron chi connectivity index (χ0n) is 9.40. The van der Waals surface area contributed by atoms with Crippen molar-refractivity contribution in [2.45, 2.75) is 38.8 Å². The Morgan fingerprint density at radius 3 is 2.73 bits per heavy atom. The number of likely N-dealkylation sites (tertiary alicyclic amines) is 1. The summed E-state index contributed by atoms with van der Waals surface area (Å²) in [5.41, 5.74) is 6.79. The van der Waals surface area contributed by atoms with Crippen LogP contribution in [0, 0.1) is 0 Å². The molecule has 1 fully saturated rings. The van der Waals surface area contributed by atoms with Crippen molar-refractivity contribution in [3.05, 3.63) is 18.1 Å². The molecule has 0 aliphatic carbocycles. The fraction of sp³-hybridized carbons (Fsp3) is 0.636. The molecule has 0 unspecified atom stereocenters. The first kappa shape index (κ1) is 10.4. The summed E-state index contributed by atoms with van der Waals surface area (Å²) in [6.45, 7) is 6.59. The minimum atomic E-state index is 0.295. The summed E-state index contributed by atoms with van der Waals surface area (Å²) in [6, 6.07) is 0. The summed E-state index contributed by atoms with van der Waals surface area (Å²) >= 11 is 0. The average molecular weight is 206 g/mol. The minimum absolute atomic E-state index is 0.295. The summed E-state index contributed by atoms with van der Waals surface area (Å²) in [4.78, 5) is 10.8. The van der Waals surface area contributed by atoms with Gasteiger partial charge in [-0.1, -0.05) is 0 Å². The monoisotopic (exact) mass is 206 g/mol. The number of hydrogen-bond acceptors (Lipinski definition) is 4. The van der Waals surface area contributed by atoms with Gasteiger partial charge in [0.25, 0.3) is 0 Å². The molecule has 1 aromatic rings. The van der Waals surface area contributed by atoms with Gasteiger partial charge in [0.05, 0.1) is 18.1 Å². The number of hydrogen-bond donors (Lipinski definition) is 1. The predicted molar refractivity (Wildman–Crippen MR) is 60.2 cm³/mol. The third-order valence-corrected chi connectivity index (χ3v) is 3.15. The largest absolute Gasteiger partial charge is 0.382 e. The highest BCUT2D eigenvalue weighted by molar-refractivity contribution is 5.22. The van der Waals surface area contributed by atoms with Crippen LogP contribution in [0.4, 0.5) is 5.82 Å². The van der Waals surface area contributed by atoms with Gasteiger partial charge in [0, 0.05) is 12.1 Å². The molecule has 0 radical (unpaired) electrons. The van der Waals surface area contributed by atoms with Gasteiger partial charge in [0.1, 0.15) is 5.82 Å². The topological polar surface area (TPSA) is 55.0 Å². The molecule has 0 spiro atoms. The summed E-state index contributed by atoms with van der Waals surface area (Å²) in [6.07, 6.45) is 5.92. The number of nitrogen functional groups attached to an aromatic ring is 1. The fourth-order valence-corrected chi connectivity index (χ4v) is 2.10. The maximum absolute atomic E-state index is 5.50. The molecule has 1 saturated heterocycles. The maximum Gasteiger partial charge on any atom is 0.141 e. The molecular formula is C11H18N4. The van der Waals surface area contributed by atoms with Crippen molar-refractivity contribution in [2.75, 3.05) is 12.3 Å². The van der Waals surface area contributed by atoms with E-state index in [1.54, 1.807) is 12.4 Å². The van der Waals surface area contributed by atoms with E-state index in [-0.39, 0.29) is 0 Å². The zero-order valence-corrected chi connectivity index (χ0v) is 9.40. The van der Waals surface area contributed by atoms with E-state index in [1.807, 2.05) is 0 Å². The van der Waals surface area contributed by atoms with Gasteiger partial charge in [-0.15, -0.1) is 0 Å². The van der Waals surface area contributed by atoms with Gasteiger partial charge in [0.15, 0.2) is 0 Å². The Morgan fingerprint density at radius 1 is 1.40 bits per heavy atom. The molecule has 0 amide bonds. The normalized spacial score (nSPS) is 20.7. The van der Waals surface area contributed by atoms with Gasteiger partial charge in [-0.05, 0) is 33.2 Å². The predicted octanol–water partition coefficient (Wildman–Crippen LogP) is 1.43. The Hall–Kier alpha value is -1.16. The standard InChI is InChI=1S/C11H18N4/c1-11(2)4-3-5-15(11)8-9-6-14-10(12)7-13-9/h6-7H,3-5,8H2,1-2H3,(H2,12,14). The second-order valence-electron chi connectivity index (χ2n) is 4.77. The molecule has 0 saturated carbocycles. The van der Waals surface area contributed by atoms with E-state index < -0.39 is 0 Å². The van der Waals surface area contributed by atoms with Gasteiger partial charge in [-0.25, -0.2) is 4.98 Å². The molecule has 4 nitrogen and oxygen atoms in total. The Morgan fingerprint density at radius 2 is 2.20 bits per heavy atom. The molecule has 15 heavy (non-hydrogen) atoms. The van der Waals surface area contributed by atoms with Crippen LogP contribution in [0.2, 0.25) is 0 Å². The highest BCUT2D eigenvalue weighted by atomic mass is 15.2. The van der Waals surface area contributed by atoms with Crippen LogP contribution < -0.4 is 5.73 Å². The Bertz CT molecular complexity index is 331. The molecule has 82 valence electrons. The van der Waals surface area contributed by atoms with Crippen molar-refractivity contribution in [2.24, 2.45) is 0 Å². The third kappa shape index (κ3) is 2.26.